The van der Waals surface area contributed by atoms with Crippen molar-refractivity contribution in [1.29, 1.82) is 0 Å². The third-order valence-corrected chi connectivity index (χ3v) is 10.8. The fraction of sp³-hybridized carbons (Fsp3) is 0.864. The van der Waals surface area contributed by atoms with Gasteiger partial charge in [0.1, 0.15) is 0 Å². The van der Waals surface area contributed by atoms with Crippen LogP contribution in [0.25, 0.3) is 4.98 Å². The molecular weight excluding hydrogens is 439 g/mol. The Bertz CT molecular complexity index is 450. The molecule has 0 bridgehead atoms. The second-order valence-corrected chi connectivity index (χ2v) is 16.3. The van der Waals surface area contributed by atoms with E-state index in [1.165, 1.54) is 64.1 Å². The quantitative estimate of drug-likeness (QED) is 0.147. The van der Waals surface area contributed by atoms with E-state index in [1.807, 2.05) is 0 Å². The number of nitrogens with zero attached hydrogens (tertiary/aromatic N) is 2. The zero-order valence-electron chi connectivity index (χ0n) is 19.5. The molecule has 0 radical (unpaired) electrons. The Kier molecular flexibility index (Phi) is 14.9. The van der Waals surface area contributed by atoms with E-state index >= 15 is 0 Å². The van der Waals surface area contributed by atoms with Gasteiger partial charge in [0.05, 0.1) is 0 Å². The van der Waals surface area contributed by atoms with E-state index in [4.69, 9.17) is 23.6 Å². The van der Waals surface area contributed by atoms with Crippen LogP contribution in [0.3, 0.4) is 0 Å². The summed E-state index contributed by atoms with van der Waals surface area (Å²) in [6.07, 6.45) is 12.2. The molecule has 1 fully saturated rings. The van der Waals surface area contributed by atoms with E-state index < -0.39 is 25.3 Å². The molecule has 0 aromatic heterocycles. The van der Waals surface area contributed by atoms with Crippen LogP contribution in [0.2, 0.25) is 18.1 Å². The van der Waals surface area contributed by atoms with Crippen LogP contribution in [-0.4, -0.2) is 37.8 Å². The molecule has 1 heterocycles. The van der Waals surface area contributed by atoms with Crippen molar-refractivity contribution < 1.29 is 17.0 Å². The van der Waals surface area contributed by atoms with Crippen LogP contribution < -0.4 is 0 Å². The first-order valence-corrected chi connectivity index (χ1v) is 17.9. The predicted molar refractivity (Wildman–Crippen MR) is 129 cm³/mol. The van der Waals surface area contributed by atoms with E-state index in [2.05, 4.69) is 52.1 Å². The third kappa shape index (κ3) is 9.54. The first-order chi connectivity index (χ1) is 12.7. The van der Waals surface area contributed by atoms with Gasteiger partial charge in [-0.1, -0.05) is 79.9 Å². The minimum absolute atomic E-state index is 0. The second kappa shape index (κ2) is 14.3. The van der Waals surface area contributed by atoms with Gasteiger partial charge in [0.15, 0.2) is 0 Å². The Labute approximate surface area is 194 Å². The average molecular weight is 483 g/mol. The molecule has 0 N–H and O–H groups in total. The topological polar surface area (TPSA) is 17.3 Å². The molecule has 2 nitrogen and oxygen atoms in total. The maximum atomic E-state index is 5.46. The summed E-state index contributed by atoms with van der Waals surface area (Å²) in [5.74, 6) is 0. The molecule has 0 amide bonds. The molecule has 0 aromatic carbocycles. The first kappa shape index (κ1) is 29.2. The van der Waals surface area contributed by atoms with Crippen LogP contribution in [-0.2, 0) is 17.0 Å². The van der Waals surface area contributed by atoms with Crippen LogP contribution >= 0.6 is 18.6 Å². The summed E-state index contributed by atoms with van der Waals surface area (Å²) in [6.45, 7) is 16.8. The van der Waals surface area contributed by atoms with Crippen LogP contribution in [0.5, 0.6) is 0 Å². The van der Waals surface area contributed by atoms with Crippen molar-refractivity contribution in [2.24, 2.45) is 0 Å². The normalized spacial score (nSPS) is 24.6. The molecule has 1 aliphatic carbocycles. The fourth-order valence-corrected chi connectivity index (χ4v) is 8.94. The average Bonchev–Trinajstić information content (AvgIpc) is 3.24. The number of hydrogen-bond donors (Lipinski definition) is 0. The maximum absolute atomic E-state index is 5.46. The van der Waals surface area contributed by atoms with Gasteiger partial charge in [-0.2, -0.15) is 0 Å². The molecule has 6 heteroatoms. The molecule has 0 spiro atoms. The molecule has 166 valence electrons. The van der Waals surface area contributed by atoms with Crippen LogP contribution in [0, 0.1) is 7.43 Å². The Morgan fingerprint density at radius 3 is 2.21 bits per heavy atom. The van der Waals surface area contributed by atoms with E-state index in [1.54, 1.807) is 5.57 Å². The number of rotatable bonds is 8. The Morgan fingerprint density at radius 2 is 1.75 bits per heavy atom. The number of likely N-dealkylation sites (tertiary alicyclic amines) is 1. The summed E-state index contributed by atoms with van der Waals surface area (Å²) < 4.78 is 0. The summed E-state index contributed by atoms with van der Waals surface area (Å²) in [5.41, 5.74) is 2.67. The van der Waals surface area contributed by atoms with Crippen molar-refractivity contribution in [3.8, 4) is 0 Å². The van der Waals surface area contributed by atoms with Crippen molar-refractivity contribution in [3.05, 3.63) is 24.1 Å². The van der Waals surface area contributed by atoms with Gasteiger partial charge < -0.3 is 12.4 Å². The van der Waals surface area contributed by atoms with Crippen LogP contribution in [0.15, 0.2) is 11.6 Å². The molecule has 0 aromatic rings. The van der Waals surface area contributed by atoms with E-state index in [9.17, 15) is 0 Å². The monoisotopic (exact) mass is 482 g/mol. The molecule has 0 saturated carbocycles. The fourth-order valence-electron chi connectivity index (χ4n) is 4.81. The summed E-state index contributed by atoms with van der Waals surface area (Å²) in [7, 11) is 8.17. The van der Waals surface area contributed by atoms with Gasteiger partial charge in [0.2, 0.25) is 0 Å². The molecule has 3 atom stereocenters. The summed E-state index contributed by atoms with van der Waals surface area (Å²) in [5, 5.41) is 0. The molecule has 2 aliphatic rings. The Hall–Kier alpha value is 1.17. The van der Waals surface area contributed by atoms with Crippen molar-refractivity contribution in [2.45, 2.75) is 109 Å². The number of halogens is 2. The summed E-state index contributed by atoms with van der Waals surface area (Å²) >= 11 is -0.556. The van der Waals surface area contributed by atoms with E-state index in [0.717, 1.165) is 5.54 Å². The standard InChI is InChI=1S/C21H41N2Si.CH3.2ClH.Ti/c1-7-9-10-13-18-16-19(23-14-11-12-15-23)17-20(18)24(6,8-2)22-21(3,4)5;;;;/h16,19-20H,7-15,17H2,1-6H3;1H3;2*1H;/q2*-1;;;+2/p-2/t19?,20?,24-;;;;/m0..../s1. The molecule has 2 rings (SSSR count). The van der Waals surface area contributed by atoms with Gasteiger partial charge in [-0.3, -0.25) is 4.90 Å². The SMILES string of the molecule is CCCCCC1=CC(N2CCCC2)CC1[Si@](C)(CC)[N-]C(C)(C)C.[CH3-].[Cl][Ti][Cl]. The van der Waals surface area contributed by atoms with Crippen molar-refractivity contribution >= 4 is 26.8 Å². The van der Waals surface area contributed by atoms with Gasteiger partial charge in [-0.15, -0.1) is 5.54 Å². The number of allylic oxidation sites excluding steroid dienone is 1. The van der Waals surface area contributed by atoms with E-state index in [0.29, 0.717) is 6.04 Å². The Morgan fingerprint density at radius 1 is 1.18 bits per heavy atom. The van der Waals surface area contributed by atoms with Gasteiger partial charge in [-0.25, -0.2) is 0 Å². The number of unbranched alkanes of at least 4 members (excludes halogenated alkanes) is 2. The van der Waals surface area contributed by atoms with Crippen molar-refractivity contribution in [1.82, 2.24) is 4.90 Å². The first-order valence-electron chi connectivity index (χ1n) is 10.9. The molecule has 1 aliphatic heterocycles. The predicted octanol–water partition coefficient (Wildman–Crippen LogP) is 8.33. The molecule has 1 saturated heterocycles. The second-order valence-electron chi connectivity index (χ2n) is 9.36. The van der Waals surface area contributed by atoms with Gasteiger partial charge >= 0.3 is 35.6 Å². The minimum atomic E-state index is -1.61. The van der Waals surface area contributed by atoms with E-state index in [-0.39, 0.29) is 13.0 Å². The molecule has 2 unspecified atom stereocenters. The molecule has 28 heavy (non-hydrogen) atoms. The summed E-state index contributed by atoms with van der Waals surface area (Å²) in [6, 6.07) is 2.00. The third-order valence-electron chi connectivity index (χ3n) is 6.07. The summed E-state index contributed by atoms with van der Waals surface area (Å²) in [4.78, 5) is 8.21. The van der Waals surface area contributed by atoms with Gasteiger partial charge in [0, 0.05) is 6.04 Å². The van der Waals surface area contributed by atoms with Crippen LogP contribution in [0.1, 0.15) is 79.6 Å². The number of hydrogen-bond acceptors (Lipinski definition) is 1. The zero-order chi connectivity index (χ0) is 20.5. The van der Waals surface area contributed by atoms with Gasteiger partial charge in [-0.05, 0) is 50.7 Å². The van der Waals surface area contributed by atoms with Crippen LogP contribution in [0.4, 0.5) is 0 Å². The zero-order valence-corrected chi connectivity index (χ0v) is 23.5. The molecular formula is C22H44Cl2N2SiTi-2. The van der Waals surface area contributed by atoms with Gasteiger partial charge in [0.25, 0.3) is 0 Å². The Balaban J connectivity index is 0.00000171. The van der Waals surface area contributed by atoms with Crippen molar-refractivity contribution in [2.75, 3.05) is 13.1 Å². The van der Waals surface area contributed by atoms with Crippen molar-refractivity contribution in [3.63, 3.8) is 0 Å².